The molecule has 0 radical (unpaired) electrons. The molecule has 9 heteroatoms. The zero-order valence-corrected chi connectivity index (χ0v) is 17.3. The van der Waals surface area contributed by atoms with E-state index in [-0.39, 0.29) is 28.6 Å². The third-order valence-corrected chi connectivity index (χ3v) is 5.31. The lowest BCUT2D eigenvalue weighted by Crippen LogP contribution is -2.47. The number of aliphatic imine (C=N–C) groups is 1. The second-order valence-corrected chi connectivity index (χ2v) is 7.32. The summed E-state index contributed by atoms with van der Waals surface area (Å²) in [5, 5.41) is 11.1. The molecule has 170 valence electrons. The quantitative estimate of drug-likeness (QED) is 0.379. The van der Waals surface area contributed by atoms with Crippen LogP contribution in [0.25, 0.3) is 10.8 Å². The summed E-state index contributed by atoms with van der Waals surface area (Å²) >= 11 is 0. The smallest absolute Gasteiger partial charge is 0.422 e. The van der Waals surface area contributed by atoms with Crippen LogP contribution in [-0.4, -0.2) is 30.2 Å². The Hall–Kier alpha value is -3.20. The lowest BCUT2D eigenvalue weighted by Gasteiger charge is -2.31. The van der Waals surface area contributed by atoms with Gasteiger partial charge in [-0.15, -0.1) is 0 Å². The molecule has 0 fully saturated rings. The Morgan fingerprint density at radius 1 is 1.19 bits per heavy atom. The number of halogens is 4. The Balaban J connectivity index is 2.03. The molecule has 3 rings (SSSR count). The molecule has 1 N–H and O–H groups in total. The summed E-state index contributed by atoms with van der Waals surface area (Å²) in [5.41, 5.74) is -3.52. The van der Waals surface area contributed by atoms with Gasteiger partial charge in [0.1, 0.15) is 11.6 Å². The fourth-order valence-corrected chi connectivity index (χ4v) is 3.54. The van der Waals surface area contributed by atoms with Gasteiger partial charge in [-0.25, -0.2) is 9.18 Å². The van der Waals surface area contributed by atoms with E-state index in [1.165, 1.54) is 37.4 Å². The first-order valence-corrected chi connectivity index (χ1v) is 9.78. The number of alkyl halides is 3. The van der Waals surface area contributed by atoms with Gasteiger partial charge in [0.25, 0.3) is 0 Å². The first kappa shape index (κ1) is 23.5. The van der Waals surface area contributed by atoms with E-state index < -0.39 is 35.6 Å². The van der Waals surface area contributed by atoms with Crippen molar-refractivity contribution in [3.05, 3.63) is 70.5 Å². The molecule has 5 nitrogen and oxygen atoms in total. The Morgan fingerprint density at radius 2 is 1.94 bits per heavy atom. The van der Waals surface area contributed by atoms with E-state index in [4.69, 9.17) is 9.15 Å². The monoisotopic (exact) mass is 451 g/mol. The molecule has 2 atom stereocenters. The first-order chi connectivity index (χ1) is 15.1. The second kappa shape index (κ2) is 9.12. The molecular weight excluding hydrogens is 430 g/mol. The van der Waals surface area contributed by atoms with Crippen LogP contribution in [0.15, 0.2) is 62.9 Å². The molecular formula is C23H21F4NO4. The fraction of sp³-hybridized carbons (Fsp3) is 0.304. The van der Waals surface area contributed by atoms with Crippen LogP contribution in [-0.2, 0) is 0 Å². The normalized spacial score (nSPS) is 15.1. The Kier molecular flexibility index (Phi) is 6.68. The number of hydrogen-bond acceptors (Lipinski definition) is 5. The SMILES string of the molecule is CCC(CC(O)(C=Nc1cccc2c(=O)occc12)C(F)(F)F)c1ccc(F)cc1OC. The third-order valence-electron chi connectivity index (χ3n) is 5.31. The van der Waals surface area contributed by atoms with Crippen molar-refractivity contribution in [1.29, 1.82) is 0 Å². The average molecular weight is 451 g/mol. The van der Waals surface area contributed by atoms with Crippen LogP contribution in [0.3, 0.4) is 0 Å². The maximum atomic E-state index is 13.9. The molecule has 0 bridgehead atoms. The van der Waals surface area contributed by atoms with Gasteiger partial charge in [-0.3, -0.25) is 4.99 Å². The minimum atomic E-state index is -5.04. The van der Waals surface area contributed by atoms with Crippen molar-refractivity contribution in [1.82, 2.24) is 0 Å². The molecule has 0 spiro atoms. The fourth-order valence-electron chi connectivity index (χ4n) is 3.54. The van der Waals surface area contributed by atoms with Crippen molar-refractivity contribution < 1.29 is 31.8 Å². The van der Waals surface area contributed by atoms with Gasteiger partial charge >= 0.3 is 11.8 Å². The van der Waals surface area contributed by atoms with Gasteiger partial charge in [-0.1, -0.05) is 19.1 Å². The molecule has 32 heavy (non-hydrogen) atoms. The Bertz CT molecular complexity index is 1190. The van der Waals surface area contributed by atoms with Crippen molar-refractivity contribution in [2.45, 2.75) is 37.5 Å². The third kappa shape index (κ3) is 4.67. The summed E-state index contributed by atoms with van der Waals surface area (Å²) in [4.78, 5) is 15.7. The standard InChI is InChI=1S/C23H21F4NO4/c1-3-14(16-8-7-15(24)11-20(16)31-2)12-22(30,23(25,26)27)13-28-19-6-4-5-18-17(19)9-10-32-21(18)29/h4-11,13-14,30H,3,12H2,1-2H3. The van der Waals surface area contributed by atoms with E-state index >= 15 is 0 Å². The number of ether oxygens (including phenoxy) is 1. The highest BCUT2D eigenvalue weighted by Gasteiger charge is 2.53. The predicted octanol–water partition coefficient (Wildman–Crippen LogP) is 5.52. The summed E-state index contributed by atoms with van der Waals surface area (Å²) < 4.78 is 65.3. The van der Waals surface area contributed by atoms with Gasteiger partial charge in [0.2, 0.25) is 0 Å². The van der Waals surface area contributed by atoms with E-state index in [2.05, 4.69) is 4.99 Å². The van der Waals surface area contributed by atoms with Gasteiger partial charge in [0.15, 0.2) is 5.60 Å². The molecule has 0 aliphatic rings. The van der Waals surface area contributed by atoms with Crippen LogP contribution in [0.1, 0.15) is 31.2 Å². The van der Waals surface area contributed by atoms with Crippen molar-refractivity contribution in [3.8, 4) is 5.75 Å². The van der Waals surface area contributed by atoms with Crippen LogP contribution in [0.4, 0.5) is 23.2 Å². The van der Waals surface area contributed by atoms with Crippen molar-refractivity contribution in [2.24, 2.45) is 4.99 Å². The highest BCUT2D eigenvalue weighted by atomic mass is 19.4. The number of methoxy groups -OCH3 is 1. The summed E-state index contributed by atoms with van der Waals surface area (Å²) in [6.45, 7) is 1.66. The number of aliphatic hydroxyl groups is 1. The average Bonchev–Trinajstić information content (AvgIpc) is 2.75. The maximum Gasteiger partial charge on any atom is 0.422 e. The largest absolute Gasteiger partial charge is 0.496 e. The Labute approximate surface area is 181 Å². The molecule has 0 aliphatic carbocycles. The minimum Gasteiger partial charge on any atom is -0.496 e. The maximum absolute atomic E-state index is 13.9. The number of rotatable bonds is 7. The van der Waals surface area contributed by atoms with E-state index in [0.717, 1.165) is 18.4 Å². The highest BCUT2D eigenvalue weighted by Crippen LogP contribution is 2.41. The highest BCUT2D eigenvalue weighted by molar-refractivity contribution is 5.93. The molecule has 0 amide bonds. The molecule has 2 aromatic carbocycles. The van der Waals surface area contributed by atoms with Gasteiger partial charge in [-0.05, 0) is 48.6 Å². The second-order valence-electron chi connectivity index (χ2n) is 7.32. The van der Waals surface area contributed by atoms with E-state index in [0.29, 0.717) is 11.8 Å². The molecule has 0 saturated carbocycles. The molecule has 1 aromatic heterocycles. The van der Waals surface area contributed by atoms with Crippen LogP contribution in [0.2, 0.25) is 0 Å². The molecule has 2 unspecified atom stereocenters. The van der Waals surface area contributed by atoms with E-state index in [1.807, 2.05) is 0 Å². The van der Waals surface area contributed by atoms with E-state index in [1.54, 1.807) is 6.92 Å². The number of nitrogens with zero attached hydrogens (tertiary/aromatic N) is 1. The minimum absolute atomic E-state index is 0.0745. The van der Waals surface area contributed by atoms with Crippen molar-refractivity contribution >= 4 is 22.7 Å². The summed E-state index contributed by atoms with van der Waals surface area (Å²) in [7, 11) is 1.29. The Morgan fingerprint density at radius 3 is 2.59 bits per heavy atom. The number of benzene rings is 2. The van der Waals surface area contributed by atoms with Crippen LogP contribution in [0.5, 0.6) is 5.75 Å². The zero-order chi connectivity index (χ0) is 23.5. The number of fused-ring (bicyclic) bond motifs is 1. The molecule has 1 heterocycles. The summed E-state index contributed by atoms with van der Waals surface area (Å²) in [6.07, 6.45) is -4.02. The molecule has 0 saturated heterocycles. The van der Waals surface area contributed by atoms with Crippen LogP contribution < -0.4 is 10.4 Å². The van der Waals surface area contributed by atoms with E-state index in [9.17, 15) is 27.5 Å². The summed E-state index contributed by atoms with van der Waals surface area (Å²) in [6, 6.07) is 9.31. The van der Waals surface area contributed by atoms with Crippen molar-refractivity contribution in [3.63, 3.8) is 0 Å². The van der Waals surface area contributed by atoms with Crippen LogP contribution >= 0.6 is 0 Å². The van der Waals surface area contributed by atoms with Crippen LogP contribution in [0, 0.1) is 5.82 Å². The topological polar surface area (TPSA) is 72.0 Å². The molecule has 3 aromatic rings. The predicted molar refractivity (Wildman–Crippen MR) is 112 cm³/mol. The van der Waals surface area contributed by atoms with Gasteiger partial charge in [0, 0.05) is 17.7 Å². The van der Waals surface area contributed by atoms with Gasteiger partial charge in [-0.2, -0.15) is 13.2 Å². The van der Waals surface area contributed by atoms with Crippen molar-refractivity contribution in [2.75, 3.05) is 7.11 Å². The van der Waals surface area contributed by atoms with Gasteiger partial charge < -0.3 is 14.3 Å². The number of hydrogen-bond donors (Lipinski definition) is 1. The zero-order valence-electron chi connectivity index (χ0n) is 17.3. The lowest BCUT2D eigenvalue weighted by atomic mass is 9.84. The molecule has 0 aliphatic heterocycles. The summed E-state index contributed by atoms with van der Waals surface area (Å²) in [5.74, 6) is -1.30. The lowest BCUT2D eigenvalue weighted by molar-refractivity contribution is -0.232. The first-order valence-electron chi connectivity index (χ1n) is 9.78. The van der Waals surface area contributed by atoms with Gasteiger partial charge in [0.05, 0.1) is 24.4 Å².